The van der Waals surface area contributed by atoms with Gasteiger partial charge in [-0.05, 0) is 50.4 Å². The van der Waals surface area contributed by atoms with Crippen molar-refractivity contribution in [3.05, 3.63) is 0 Å². The summed E-state index contributed by atoms with van der Waals surface area (Å²) in [4.78, 5) is 20.4. The standard InChI is InChI=1S/2C12H24O2.C8H16O2/c2*1-2-3-4-5-6-7-8-9-10-11-12(13)14;9-5-7-1-2-8(6-10)4-3-7/h2*2-11H2,1H3,(H,13,14);7-10H,1-6H2. The molecule has 0 aromatic rings. The molecule has 0 unspecified atom stereocenters. The molecule has 1 aliphatic rings. The van der Waals surface area contributed by atoms with Crippen LogP contribution in [0.3, 0.4) is 0 Å². The van der Waals surface area contributed by atoms with Gasteiger partial charge in [-0.1, -0.05) is 117 Å². The van der Waals surface area contributed by atoms with Crippen molar-refractivity contribution in [3.8, 4) is 0 Å². The van der Waals surface area contributed by atoms with Crippen molar-refractivity contribution in [1.29, 1.82) is 0 Å². The Labute approximate surface area is 235 Å². The second kappa shape index (κ2) is 32.1. The van der Waals surface area contributed by atoms with Gasteiger partial charge in [-0.2, -0.15) is 0 Å². The fourth-order valence-electron chi connectivity index (χ4n) is 4.77. The molecule has 0 bridgehead atoms. The van der Waals surface area contributed by atoms with Gasteiger partial charge >= 0.3 is 11.9 Å². The predicted octanol–water partition coefficient (Wildman–Crippen LogP) is 8.76. The minimum atomic E-state index is -0.659. The maximum atomic E-state index is 10.2. The monoisotopic (exact) mass is 544 g/mol. The molecule has 0 aromatic heterocycles. The lowest BCUT2D eigenvalue weighted by Crippen LogP contribution is -2.19. The third kappa shape index (κ3) is 32.9. The lowest BCUT2D eigenvalue weighted by atomic mass is 9.83. The first-order valence-electron chi connectivity index (χ1n) is 16.1. The van der Waals surface area contributed by atoms with Crippen molar-refractivity contribution in [2.24, 2.45) is 11.8 Å². The van der Waals surface area contributed by atoms with E-state index >= 15 is 0 Å². The topological polar surface area (TPSA) is 115 Å². The molecule has 228 valence electrons. The van der Waals surface area contributed by atoms with Gasteiger partial charge < -0.3 is 20.4 Å². The molecule has 0 radical (unpaired) electrons. The van der Waals surface area contributed by atoms with Crippen LogP contribution in [-0.2, 0) is 9.59 Å². The van der Waals surface area contributed by atoms with E-state index in [9.17, 15) is 9.59 Å². The fourth-order valence-corrected chi connectivity index (χ4v) is 4.77. The maximum Gasteiger partial charge on any atom is 0.303 e. The van der Waals surface area contributed by atoms with Gasteiger partial charge in [0.1, 0.15) is 0 Å². The molecule has 0 aromatic carbocycles. The number of hydrogen-bond donors (Lipinski definition) is 4. The number of aliphatic carboxylic acids is 2. The van der Waals surface area contributed by atoms with Crippen LogP contribution in [0.25, 0.3) is 0 Å². The van der Waals surface area contributed by atoms with Crippen LogP contribution in [-0.4, -0.2) is 45.6 Å². The van der Waals surface area contributed by atoms with Crippen molar-refractivity contribution < 1.29 is 30.0 Å². The Balaban J connectivity index is 0. The number of aliphatic hydroxyl groups is 2. The van der Waals surface area contributed by atoms with Crippen LogP contribution in [0.2, 0.25) is 0 Å². The molecule has 1 aliphatic carbocycles. The van der Waals surface area contributed by atoms with E-state index in [4.69, 9.17) is 20.4 Å². The molecule has 1 rings (SSSR count). The van der Waals surface area contributed by atoms with Crippen LogP contribution in [0, 0.1) is 11.8 Å². The first-order valence-corrected chi connectivity index (χ1v) is 16.1. The molecule has 0 heterocycles. The largest absolute Gasteiger partial charge is 0.481 e. The van der Waals surface area contributed by atoms with E-state index < -0.39 is 11.9 Å². The van der Waals surface area contributed by atoms with Crippen molar-refractivity contribution in [3.63, 3.8) is 0 Å². The second-order valence-corrected chi connectivity index (χ2v) is 11.2. The zero-order chi connectivity index (χ0) is 28.7. The Kier molecular flexibility index (Phi) is 32.9. The van der Waals surface area contributed by atoms with E-state index in [1.54, 1.807) is 0 Å². The highest BCUT2D eigenvalue weighted by molar-refractivity contribution is 5.66. The fraction of sp³-hybridized carbons (Fsp3) is 0.938. The highest BCUT2D eigenvalue weighted by atomic mass is 16.4. The van der Waals surface area contributed by atoms with Gasteiger partial charge in [0.2, 0.25) is 0 Å². The highest BCUT2D eigenvalue weighted by Gasteiger charge is 2.19. The van der Waals surface area contributed by atoms with Crippen molar-refractivity contribution in [2.75, 3.05) is 13.2 Å². The highest BCUT2D eigenvalue weighted by Crippen LogP contribution is 2.27. The Morgan fingerprint density at radius 1 is 0.474 bits per heavy atom. The van der Waals surface area contributed by atoms with Crippen molar-refractivity contribution in [1.82, 2.24) is 0 Å². The zero-order valence-electron chi connectivity index (χ0n) is 25.1. The summed E-state index contributed by atoms with van der Waals surface area (Å²) in [5, 5.41) is 34.4. The van der Waals surface area contributed by atoms with Crippen LogP contribution < -0.4 is 0 Å². The Hall–Kier alpha value is -1.14. The SMILES string of the molecule is CCCCCCCCCCCC(=O)O.CCCCCCCCCCCC(=O)O.OCC1CCC(CO)CC1. The molecular formula is C32H64O6. The number of hydrogen-bond acceptors (Lipinski definition) is 4. The summed E-state index contributed by atoms with van der Waals surface area (Å²) in [7, 11) is 0. The minimum Gasteiger partial charge on any atom is -0.481 e. The predicted molar refractivity (Wildman–Crippen MR) is 159 cm³/mol. The van der Waals surface area contributed by atoms with Gasteiger partial charge in [0.05, 0.1) is 0 Å². The maximum absolute atomic E-state index is 10.2. The molecule has 0 atom stereocenters. The normalized spacial score (nSPS) is 16.6. The number of unbranched alkanes of at least 4 members (excludes halogenated alkanes) is 16. The molecule has 6 heteroatoms. The number of rotatable bonds is 22. The van der Waals surface area contributed by atoms with E-state index in [1.165, 1.54) is 89.9 Å². The van der Waals surface area contributed by atoms with E-state index in [2.05, 4.69) is 13.8 Å². The average molecular weight is 545 g/mol. The molecule has 6 nitrogen and oxygen atoms in total. The molecule has 38 heavy (non-hydrogen) atoms. The van der Waals surface area contributed by atoms with E-state index in [0.717, 1.165) is 51.4 Å². The van der Waals surface area contributed by atoms with Crippen LogP contribution in [0.4, 0.5) is 0 Å². The van der Waals surface area contributed by atoms with Crippen LogP contribution in [0.15, 0.2) is 0 Å². The van der Waals surface area contributed by atoms with Crippen LogP contribution >= 0.6 is 0 Å². The molecule has 0 spiro atoms. The first-order chi connectivity index (χ1) is 18.4. The smallest absolute Gasteiger partial charge is 0.303 e. The minimum absolute atomic E-state index is 0.331. The molecular weight excluding hydrogens is 480 g/mol. The number of carbonyl (C=O) groups is 2. The summed E-state index contributed by atoms with van der Waals surface area (Å²) >= 11 is 0. The van der Waals surface area contributed by atoms with Gasteiger partial charge in [-0.3, -0.25) is 9.59 Å². The van der Waals surface area contributed by atoms with Gasteiger partial charge in [0.25, 0.3) is 0 Å². The summed E-state index contributed by atoms with van der Waals surface area (Å²) in [5.74, 6) is -0.286. The number of aliphatic hydroxyl groups excluding tert-OH is 2. The summed E-state index contributed by atoms with van der Waals surface area (Å²) in [6, 6.07) is 0. The molecule has 0 aliphatic heterocycles. The third-order valence-electron chi connectivity index (χ3n) is 7.47. The van der Waals surface area contributed by atoms with Crippen LogP contribution in [0.5, 0.6) is 0 Å². The third-order valence-corrected chi connectivity index (χ3v) is 7.47. The summed E-state index contributed by atoms with van der Waals surface area (Å²) in [6.45, 7) is 5.12. The summed E-state index contributed by atoms with van der Waals surface area (Å²) < 4.78 is 0. The van der Waals surface area contributed by atoms with Gasteiger partial charge in [0.15, 0.2) is 0 Å². The molecule has 0 saturated heterocycles. The Bertz CT molecular complexity index is 444. The summed E-state index contributed by atoms with van der Waals surface area (Å²) in [6.07, 6.45) is 27.4. The van der Waals surface area contributed by atoms with Crippen LogP contribution in [0.1, 0.15) is 168 Å². The van der Waals surface area contributed by atoms with E-state index in [1.807, 2.05) is 0 Å². The van der Waals surface area contributed by atoms with Crippen molar-refractivity contribution >= 4 is 11.9 Å². The lowest BCUT2D eigenvalue weighted by Gasteiger charge is -2.25. The van der Waals surface area contributed by atoms with E-state index in [0.29, 0.717) is 37.9 Å². The van der Waals surface area contributed by atoms with Crippen molar-refractivity contribution in [2.45, 2.75) is 168 Å². The average Bonchev–Trinajstić information content (AvgIpc) is 2.91. The van der Waals surface area contributed by atoms with Gasteiger partial charge in [-0.25, -0.2) is 0 Å². The zero-order valence-corrected chi connectivity index (χ0v) is 25.1. The first kappa shape index (κ1) is 39.0. The second-order valence-electron chi connectivity index (χ2n) is 11.2. The lowest BCUT2D eigenvalue weighted by molar-refractivity contribution is -0.138. The molecule has 0 amide bonds. The summed E-state index contributed by atoms with van der Waals surface area (Å²) in [5.41, 5.74) is 0. The molecule has 1 fully saturated rings. The molecule has 1 saturated carbocycles. The number of carboxylic acid groups (broad SMARTS) is 2. The van der Waals surface area contributed by atoms with Gasteiger partial charge in [0, 0.05) is 26.1 Å². The Morgan fingerprint density at radius 2 is 0.711 bits per heavy atom. The number of carboxylic acids is 2. The van der Waals surface area contributed by atoms with E-state index in [-0.39, 0.29) is 0 Å². The quantitative estimate of drug-likeness (QED) is 0.101. The Morgan fingerprint density at radius 3 is 0.921 bits per heavy atom. The van der Waals surface area contributed by atoms with Gasteiger partial charge in [-0.15, -0.1) is 0 Å². The molecule has 4 N–H and O–H groups in total.